The maximum absolute atomic E-state index is 11.7. The smallest absolute Gasteiger partial charge is 0.411 e. The highest BCUT2D eigenvalue weighted by Crippen LogP contribution is 2.36. The molecule has 0 aromatic heterocycles. The van der Waals surface area contributed by atoms with Crippen LogP contribution >= 0.6 is 0 Å². The second-order valence-electron chi connectivity index (χ2n) is 6.48. The van der Waals surface area contributed by atoms with Crippen LogP contribution < -0.4 is 0 Å². The van der Waals surface area contributed by atoms with E-state index in [1.807, 2.05) is 6.92 Å². The summed E-state index contributed by atoms with van der Waals surface area (Å²) < 4.78 is 11.0. The van der Waals surface area contributed by atoms with Crippen molar-refractivity contribution >= 4 is 14.4 Å². The van der Waals surface area contributed by atoms with Gasteiger partial charge in [-0.05, 0) is 24.6 Å². The van der Waals surface area contributed by atoms with E-state index in [1.165, 1.54) is 4.90 Å². The molecule has 0 aliphatic heterocycles. The summed E-state index contributed by atoms with van der Waals surface area (Å²) in [5.74, 6) is 0. The molecule has 1 amide bonds. The molecule has 0 aromatic carbocycles. The SMILES string of the molecule is CCCCOC(=O)N(CO)CCO[Si](C)(C)C(C)(C)C. The van der Waals surface area contributed by atoms with E-state index in [-0.39, 0.29) is 11.8 Å². The number of carbonyl (C=O) groups excluding carboxylic acids is 1. The van der Waals surface area contributed by atoms with Crippen molar-refractivity contribution in [3.63, 3.8) is 0 Å². The lowest BCUT2D eigenvalue weighted by Crippen LogP contribution is -2.43. The van der Waals surface area contributed by atoms with Gasteiger partial charge in [-0.2, -0.15) is 0 Å². The van der Waals surface area contributed by atoms with Gasteiger partial charge in [-0.15, -0.1) is 0 Å². The second kappa shape index (κ2) is 8.64. The van der Waals surface area contributed by atoms with Crippen LogP contribution in [0.5, 0.6) is 0 Å². The largest absolute Gasteiger partial charge is 0.449 e. The van der Waals surface area contributed by atoms with Crippen molar-refractivity contribution < 1.29 is 19.1 Å². The van der Waals surface area contributed by atoms with Crippen molar-refractivity contribution in [2.75, 3.05) is 26.5 Å². The van der Waals surface area contributed by atoms with Gasteiger partial charge in [0.25, 0.3) is 0 Å². The van der Waals surface area contributed by atoms with Crippen molar-refractivity contribution in [1.29, 1.82) is 0 Å². The molecule has 20 heavy (non-hydrogen) atoms. The molecule has 5 nitrogen and oxygen atoms in total. The summed E-state index contributed by atoms with van der Waals surface area (Å²) in [6, 6.07) is 0. The van der Waals surface area contributed by atoms with Crippen molar-refractivity contribution in [1.82, 2.24) is 4.90 Å². The van der Waals surface area contributed by atoms with Crippen LogP contribution in [0, 0.1) is 0 Å². The summed E-state index contributed by atoms with van der Waals surface area (Å²) in [6.45, 7) is 13.7. The number of unbranched alkanes of at least 4 members (excludes halogenated alkanes) is 1. The molecule has 0 fully saturated rings. The number of ether oxygens (including phenoxy) is 1. The first-order chi connectivity index (χ1) is 9.15. The number of hydrogen-bond acceptors (Lipinski definition) is 4. The lowest BCUT2D eigenvalue weighted by molar-refractivity contribution is 0.0536. The van der Waals surface area contributed by atoms with Crippen molar-refractivity contribution in [2.24, 2.45) is 0 Å². The van der Waals surface area contributed by atoms with E-state index in [2.05, 4.69) is 33.9 Å². The molecule has 0 saturated heterocycles. The third-order valence-corrected chi connectivity index (χ3v) is 8.32. The molecule has 6 heteroatoms. The molecule has 1 N–H and O–H groups in total. The van der Waals surface area contributed by atoms with Crippen LogP contribution in [0.2, 0.25) is 18.1 Å². The van der Waals surface area contributed by atoms with E-state index in [0.29, 0.717) is 19.8 Å². The molecule has 0 unspecified atom stereocenters. The standard InChI is InChI=1S/C14H31NO4Si/c1-7-8-10-18-13(17)15(12-16)9-11-19-20(5,6)14(2,3)4/h16H,7-12H2,1-6H3. The highest BCUT2D eigenvalue weighted by molar-refractivity contribution is 6.74. The minimum atomic E-state index is -1.81. The predicted octanol–water partition coefficient (Wildman–Crippen LogP) is 3.20. The van der Waals surface area contributed by atoms with Gasteiger partial charge in [-0.3, -0.25) is 4.90 Å². The summed E-state index contributed by atoms with van der Waals surface area (Å²) in [7, 11) is -1.81. The topological polar surface area (TPSA) is 59.0 Å². The van der Waals surface area contributed by atoms with Gasteiger partial charge in [-0.1, -0.05) is 34.1 Å². The van der Waals surface area contributed by atoms with E-state index >= 15 is 0 Å². The Labute approximate surface area is 124 Å². The van der Waals surface area contributed by atoms with Crippen LogP contribution in [-0.2, 0) is 9.16 Å². The van der Waals surface area contributed by atoms with Crippen molar-refractivity contribution in [3.05, 3.63) is 0 Å². The predicted molar refractivity (Wildman–Crippen MR) is 83.2 cm³/mol. The van der Waals surface area contributed by atoms with Crippen LogP contribution in [0.25, 0.3) is 0 Å². The molecule has 0 spiro atoms. The fraction of sp³-hybridized carbons (Fsp3) is 0.929. The first-order valence-electron chi connectivity index (χ1n) is 7.32. The molecule has 0 aliphatic carbocycles. The number of rotatable bonds is 8. The van der Waals surface area contributed by atoms with E-state index in [4.69, 9.17) is 9.16 Å². The molecule has 0 aromatic rings. The summed E-state index contributed by atoms with van der Waals surface area (Å²) in [5.41, 5.74) is 0. The van der Waals surface area contributed by atoms with Gasteiger partial charge in [0.05, 0.1) is 13.2 Å². The molecule has 0 aliphatic rings. The summed E-state index contributed by atoms with van der Waals surface area (Å²) in [5, 5.41) is 9.36. The Balaban J connectivity index is 4.16. The number of hydrogen-bond donors (Lipinski definition) is 1. The Hall–Kier alpha value is -0.593. The molecular formula is C14H31NO4Si. The monoisotopic (exact) mass is 305 g/mol. The fourth-order valence-electron chi connectivity index (χ4n) is 1.24. The van der Waals surface area contributed by atoms with Crippen molar-refractivity contribution in [3.8, 4) is 0 Å². The quantitative estimate of drug-likeness (QED) is 0.425. The third kappa shape index (κ3) is 6.72. The van der Waals surface area contributed by atoms with E-state index < -0.39 is 14.4 Å². The molecule has 0 radical (unpaired) electrons. The summed E-state index contributed by atoms with van der Waals surface area (Å²) >= 11 is 0. The Kier molecular flexibility index (Phi) is 8.38. The second-order valence-corrected chi connectivity index (χ2v) is 11.3. The highest BCUT2D eigenvalue weighted by Gasteiger charge is 2.37. The Morgan fingerprint density at radius 2 is 1.85 bits per heavy atom. The molecule has 0 heterocycles. The molecule has 120 valence electrons. The molecule has 0 bridgehead atoms. The number of aliphatic hydroxyl groups excluding tert-OH is 1. The van der Waals surface area contributed by atoms with Crippen molar-refractivity contribution in [2.45, 2.75) is 58.7 Å². The summed E-state index contributed by atoms with van der Waals surface area (Å²) in [4.78, 5) is 13.0. The fourth-order valence-corrected chi connectivity index (χ4v) is 2.28. The summed E-state index contributed by atoms with van der Waals surface area (Å²) in [6.07, 6.45) is 1.34. The van der Waals surface area contributed by atoms with Gasteiger partial charge in [-0.25, -0.2) is 4.79 Å². The van der Waals surface area contributed by atoms with Crippen LogP contribution in [0.15, 0.2) is 0 Å². The minimum Gasteiger partial charge on any atom is -0.449 e. The van der Waals surface area contributed by atoms with Gasteiger partial charge < -0.3 is 14.3 Å². The van der Waals surface area contributed by atoms with Crippen LogP contribution in [0.3, 0.4) is 0 Å². The first-order valence-corrected chi connectivity index (χ1v) is 10.2. The van der Waals surface area contributed by atoms with Gasteiger partial charge in [0.2, 0.25) is 0 Å². The minimum absolute atomic E-state index is 0.138. The van der Waals surface area contributed by atoms with Crippen LogP contribution in [0.4, 0.5) is 4.79 Å². The average Bonchev–Trinajstić information content (AvgIpc) is 2.33. The maximum atomic E-state index is 11.7. The highest BCUT2D eigenvalue weighted by atomic mass is 28.4. The van der Waals surface area contributed by atoms with Gasteiger partial charge in [0.1, 0.15) is 6.73 Å². The van der Waals surface area contributed by atoms with Gasteiger partial charge >= 0.3 is 6.09 Å². The first kappa shape index (κ1) is 19.4. The van der Waals surface area contributed by atoms with Crippen LogP contribution in [-0.4, -0.2) is 50.9 Å². The number of carbonyl (C=O) groups is 1. The normalized spacial score (nSPS) is 12.3. The van der Waals surface area contributed by atoms with Gasteiger partial charge in [0, 0.05) is 6.54 Å². The zero-order valence-electron chi connectivity index (χ0n) is 13.9. The Bertz CT molecular complexity index is 289. The zero-order valence-corrected chi connectivity index (χ0v) is 14.9. The molecule has 0 rings (SSSR count). The number of nitrogens with zero attached hydrogens (tertiary/aromatic N) is 1. The van der Waals surface area contributed by atoms with Gasteiger partial charge in [0.15, 0.2) is 8.32 Å². The number of aliphatic hydroxyl groups is 1. The maximum Gasteiger partial charge on any atom is 0.411 e. The Morgan fingerprint density at radius 1 is 1.25 bits per heavy atom. The third-order valence-electron chi connectivity index (χ3n) is 3.78. The molecular weight excluding hydrogens is 274 g/mol. The average molecular weight is 305 g/mol. The lowest BCUT2D eigenvalue weighted by Gasteiger charge is -2.36. The van der Waals surface area contributed by atoms with Crippen LogP contribution in [0.1, 0.15) is 40.5 Å². The zero-order chi connectivity index (χ0) is 15.8. The van der Waals surface area contributed by atoms with E-state index in [1.54, 1.807) is 0 Å². The molecule has 0 saturated carbocycles. The Morgan fingerprint density at radius 3 is 2.30 bits per heavy atom. The van der Waals surface area contributed by atoms with E-state index in [0.717, 1.165) is 12.8 Å². The van der Waals surface area contributed by atoms with E-state index in [9.17, 15) is 9.90 Å². The lowest BCUT2D eigenvalue weighted by atomic mass is 10.2. The number of amides is 1. The molecule has 0 atom stereocenters.